The van der Waals surface area contributed by atoms with Crippen molar-refractivity contribution < 1.29 is 14.3 Å². The van der Waals surface area contributed by atoms with Gasteiger partial charge in [-0.1, -0.05) is 22.4 Å². The van der Waals surface area contributed by atoms with E-state index in [0.717, 1.165) is 22.4 Å². The minimum absolute atomic E-state index is 0.214. The number of hydrogen-bond donors (Lipinski definition) is 1. The Balaban J connectivity index is 1.41. The molecule has 1 N–H and O–H groups in total. The Morgan fingerprint density at radius 3 is 2.78 bits per heavy atom. The van der Waals surface area contributed by atoms with Crippen LogP contribution in [0.25, 0.3) is 0 Å². The van der Waals surface area contributed by atoms with Crippen LogP contribution in [0.3, 0.4) is 0 Å². The highest BCUT2D eigenvalue weighted by molar-refractivity contribution is 9.10. The highest BCUT2D eigenvalue weighted by atomic mass is 79.9. The lowest BCUT2D eigenvalue weighted by Gasteiger charge is -2.20. The minimum Gasteiger partial charge on any atom is -0.456 e. The van der Waals surface area contributed by atoms with Crippen molar-refractivity contribution in [1.29, 1.82) is 0 Å². The topological polar surface area (TPSA) is 55.4 Å². The SMILES string of the molecule is Cc1cc(NC(=O)COC(=O)CC2CC3CCC2C3)ccc1Br. The lowest BCUT2D eigenvalue weighted by molar-refractivity contribution is -0.148. The molecule has 1 aromatic carbocycles. The molecule has 23 heavy (non-hydrogen) atoms. The Morgan fingerprint density at radius 2 is 2.13 bits per heavy atom. The maximum atomic E-state index is 11.9. The van der Waals surface area contributed by atoms with Gasteiger partial charge in [0, 0.05) is 16.6 Å². The predicted octanol–water partition coefficient (Wildman–Crippen LogP) is 4.07. The number of amides is 1. The first-order valence-electron chi connectivity index (χ1n) is 8.23. The number of esters is 1. The van der Waals surface area contributed by atoms with Gasteiger partial charge in [-0.2, -0.15) is 0 Å². The summed E-state index contributed by atoms with van der Waals surface area (Å²) in [4.78, 5) is 23.8. The Morgan fingerprint density at radius 1 is 1.30 bits per heavy atom. The monoisotopic (exact) mass is 379 g/mol. The zero-order valence-electron chi connectivity index (χ0n) is 13.3. The van der Waals surface area contributed by atoms with E-state index < -0.39 is 0 Å². The third kappa shape index (κ3) is 4.14. The quantitative estimate of drug-likeness (QED) is 0.784. The second-order valence-electron chi connectivity index (χ2n) is 6.81. The van der Waals surface area contributed by atoms with E-state index in [-0.39, 0.29) is 18.5 Å². The van der Waals surface area contributed by atoms with Crippen LogP contribution in [0.1, 0.15) is 37.7 Å². The first-order valence-corrected chi connectivity index (χ1v) is 9.02. The fraction of sp³-hybridized carbons (Fsp3) is 0.556. The number of aryl methyl sites for hydroxylation is 1. The molecular weight excluding hydrogens is 358 g/mol. The molecule has 5 heteroatoms. The Hall–Kier alpha value is -1.36. The summed E-state index contributed by atoms with van der Waals surface area (Å²) in [6.07, 6.45) is 5.48. The molecule has 2 bridgehead atoms. The fourth-order valence-corrected chi connectivity index (χ4v) is 4.21. The molecule has 0 aromatic heterocycles. The first-order chi connectivity index (χ1) is 11.0. The third-order valence-corrected chi connectivity index (χ3v) is 6.01. The fourth-order valence-electron chi connectivity index (χ4n) is 3.97. The molecule has 0 aliphatic heterocycles. The second-order valence-corrected chi connectivity index (χ2v) is 7.67. The molecule has 3 unspecified atom stereocenters. The molecule has 1 aromatic rings. The van der Waals surface area contributed by atoms with Crippen molar-refractivity contribution in [1.82, 2.24) is 0 Å². The second kappa shape index (κ2) is 7.04. The summed E-state index contributed by atoms with van der Waals surface area (Å²) in [5.41, 5.74) is 1.75. The number of ether oxygens (including phenoxy) is 1. The predicted molar refractivity (Wildman–Crippen MR) is 92.0 cm³/mol. The van der Waals surface area contributed by atoms with Crippen LogP contribution < -0.4 is 5.32 Å². The number of hydrogen-bond acceptors (Lipinski definition) is 3. The van der Waals surface area contributed by atoms with E-state index in [4.69, 9.17) is 4.74 Å². The lowest BCUT2D eigenvalue weighted by Crippen LogP contribution is -2.23. The van der Waals surface area contributed by atoms with Gasteiger partial charge in [-0.05, 0) is 67.7 Å². The molecule has 3 rings (SSSR count). The summed E-state index contributed by atoms with van der Waals surface area (Å²) < 4.78 is 6.13. The molecule has 2 aliphatic rings. The Kier molecular flexibility index (Phi) is 5.05. The number of benzene rings is 1. The van der Waals surface area contributed by atoms with Crippen molar-refractivity contribution in [3.63, 3.8) is 0 Å². The van der Waals surface area contributed by atoms with E-state index in [1.54, 1.807) is 0 Å². The summed E-state index contributed by atoms with van der Waals surface area (Å²) in [5.74, 6) is 1.45. The van der Waals surface area contributed by atoms with E-state index >= 15 is 0 Å². The van der Waals surface area contributed by atoms with Gasteiger partial charge in [-0.15, -0.1) is 0 Å². The zero-order valence-corrected chi connectivity index (χ0v) is 14.9. The molecule has 3 atom stereocenters. The Labute approximate surface area is 145 Å². The zero-order chi connectivity index (χ0) is 16.4. The number of carbonyl (C=O) groups is 2. The maximum absolute atomic E-state index is 11.9. The van der Waals surface area contributed by atoms with Gasteiger partial charge in [0.2, 0.25) is 0 Å². The third-order valence-electron chi connectivity index (χ3n) is 5.12. The molecule has 2 fully saturated rings. The number of halogens is 1. The van der Waals surface area contributed by atoms with Gasteiger partial charge in [-0.25, -0.2) is 0 Å². The largest absolute Gasteiger partial charge is 0.456 e. The van der Waals surface area contributed by atoms with E-state index in [2.05, 4.69) is 21.2 Å². The van der Waals surface area contributed by atoms with Crippen LogP contribution in [0.2, 0.25) is 0 Å². The van der Waals surface area contributed by atoms with Crippen molar-refractivity contribution in [3.05, 3.63) is 28.2 Å². The van der Waals surface area contributed by atoms with Crippen LogP contribution in [0.5, 0.6) is 0 Å². The van der Waals surface area contributed by atoms with Gasteiger partial charge >= 0.3 is 5.97 Å². The summed E-state index contributed by atoms with van der Waals surface area (Å²) >= 11 is 3.42. The summed E-state index contributed by atoms with van der Waals surface area (Å²) in [6.45, 7) is 1.74. The number of fused-ring (bicyclic) bond motifs is 2. The number of rotatable bonds is 5. The van der Waals surface area contributed by atoms with E-state index in [0.29, 0.717) is 23.9 Å². The standard InChI is InChI=1S/C18H22BrNO3/c1-11-6-15(4-5-16(11)19)20-17(21)10-23-18(22)9-14-8-12-2-3-13(14)7-12/h4-6,12-14H,2-3,7-10H2,1H3,(H,20,21). The van der Waals surface area contributed by atoms with E-state index in [9.17, 15) is 9.59 Å². The summed E-state index contributed by atoms with van der Waals surface area (Å²) in [7, 11) is 0. The number of carbonyl (C=O) groups excluding carboxylic acids is 2. The van der Waals surface area contributed by atoms with Gasteiger partial charge in [0.15, 0.2) is 6.61 Å². The average Bonchev–Trinajstić information content (AvgIpc) is 3.12. The van der Waals surface area contributed by atoms with Crippen molar-refractivity contribution in [3.8, 4) is 0 Å². The smallest absolute Gasteiger partial charge is 0.306 e. The lowest BCUT2D eigenvalue weighted by atomic mass is 9.86. The van der Waals surface area contributed by atoms with Crippen molar-refractivity contribution in [2.75, 3.05) is 11.9 Å². The molecule has 124 valence electrons. The van der Waals surface area contributed by atoms with Gasteiger partial charge in [0.05, 0.1) is 0 Å². The highest BCUT2D eigenvalue weighted by Gasteiger charge is 2.40. The number of nitrogens with one attached hydrogen (secondary N) is 1. The van der Waals surface area contributed by atoms with Crippen molar-refractivity contribution in [2.24, 2.45) is 17.8 Å². The van der Waals surface area contributed by atoms with Crippen LogP contribution in [0.15, 0.2) is 22.7 Å². The molecule has 0 heterocycles. The van der Waals surface area contributed by atoms with Crippen molar-refractivity contribution >= 4 is 33.5 Å². The van der Waals surface area contributed by atoms with E-state index in [1.807, 2.05) is 25.1 Å². The molecule has 0 saturated heterocycles. The normalized spacial score (nSPS) is 25.4. The molecular formula is C18H22BrNO3. The minimum atomic E-state index is -0.298. The van der Waals surface area contributed by atoms with Crippen LogP contribution in [0, 0.1) is 24.7 Å². The van der Waals surface area contributed by atoms with Gasteiger partial charge in [-0.3, -0.25) is 9.59 Å². The van der Waals surface area contributed by atoms with Crippen LogP contribution in [-0.4, -0.2) is 18.5 Å². The number of anilines is 1. The molecule has 0 spiro atoms. The van der Waals surface area contributed by atoms with Crippen LogP contribution >= 0.6 is 15.9 Å². The molecule has 4 nitrogen and oxygen atoms in total. The first kappa shape index (κ1) is 16.5. The summed E-state index contributed by atoms with van der Waals surface area (Å²) in [6, 6.07) is 5.57. The highest BCUT2D eigenvalue weighted by Crippen LogP contribution is 2.49. The molecule has 1 amide bonds. The Bertz CT molecular complexity index is 616. The van der Waals surface area contributed by atoms with Gasteiger partial charge in [0.1, 0.15) is 0 Å². The van der Waals surface area contributed by atoms with E-state index in [1.165, 1.54) is 19.3 Å². The van der Waals surface area contributed by atoms with Crippen LogP contribution in [-0.2, 0) is 14.3 Å². The van der Waals surface area contributed by atoms with Gasteiger partial charge < -0.3 is 10.1 Å². The van der Waals surface area contributed by atoms with Gasteiger partial charge in [0.25, 0.3) is 5.91 Å². The average molecular weight is 380 g/mol. The van der Waals surface area contributed by atoms with Crippen LogP contribution in [0.4, 0.5) is 5.69 Å². The van der Waals surface area contributed by atoms with Crippen molar-refractivity contribution in [2.45, 2.75) is 39.0 Å². The molecule has 0 radical (unpaired) electrons. The maximum Gasteiger partial charge on any atom is 0.306 e. The molecule has 2 aliphatic carbocycles. The molecule has 2 saturated carbocycles. The summed E-state index contributed by atoms with van der Waals surface area (Å²) in [5, 5.41) is 2.75.